The maximum absolute atomic E-state index is 13.7. The first kappa shape index (κ1) is 26.3. The van der Waals surface area contributed by atoms with Crippen LogP contribution in [0.1, 0.15) is 43.4 Å². The van der Waals surface area contributed by atoms with Gasteiger partial charge in [-0.2, -0.15) is 0 Å². The number of aryl methyl sites for hydroxylation is 2. The average Bonchev–Trinajstić information content (AvgIpc) is 3.12. The van der Waals surface area contributed by atoms with Gasteiger partial charge in [-0.05, 0) is 70.7 Å². The Morgan fingerprint density at radius 3 is 1.86 bits per heavy atom. The first-order valence-electron chi connectivity index (χ1n) is 11.0. The number of β-lactam (4-membered cyclic amide) rings is 1. The van der Waals surface area contributed by atoms with E-state index in [4.69, 9.17) is 51.1 Å². The van der Waals surface area contributed by atoms with Gasteiger partial charge in [0.25, 0.3) is 17.7 Å². The number of halogens is 5. The van der Waals surface area contributed by atoms with E-state index in [1.807, 2.05) is 32.0 Å². The number of methoxy groups -OCH3 is 1. The second kappa shape index (κ2) is 9.47. The number of imide groups is 1. The van der Waals surface area contributed by atoms with Crippen LogP contribution in [0, 0.1) is 13.8 Å². The summed E-state index contributed by atoms with van der Waals surface area (Å²) in [6.07, 6.45) is 0. The van der Waals surface area contributed by atoms with Crippen molar-refractivity contribution in [1.29, 1.82) is 0 Å². The molecule has 1 saturated heterocycles. The van der Waals surface area contributed by atoms with E-state index in [1.165, 1.54) is 0 Å². The van der Waals surface area contributed by atoms with Gasteiger partial charge in [0.05, 0.1) is 48.8 Å². The highest BCUT2D eigenvalue weighted by Gasteiger charge is 2.58. The lowest BCUT2D eigenvalue weighted by molar-refractivity contribution is -0.130. The maximum atomic E-state index is 13.7. The fourth-order valence-corrected chi connectivity index (χ4v) is 6.28. The van der Waals surface area contributed by atoms with Crippen LogP contribution in [0.5, 0.6) is 5.75 Å². The molecule has 0 radical (unpaired) electrons. The Hall–Kier alpha value is -2.29. The van der Waals surface area contributed by atoms with Crippen LogP contribution < -0.4 is 9.64 Å². The molecule has 2 heterocycles. The van der Waals surface area contributed by atoms with Gasteiger partial charge in [0, 0.05) is 5.69 Å². The SMILES string of the molecule is COc1ccc([C@@H]2[C@@H](N3C(=O)c4c(Cl)c(Cl)c(Cl)c(Cl)c4C3=O)C(=O)N2c2ccc(C)c(C)c2)cc1Br. The zero-order valence-corrected chi connectivity index (χ0v) is 24.1. The molecule has 0 bridgehead atoms. The fourth-order valence-electron chi connectivity index (χ4n) is 4.71. The fraction of sp³-hybridized carbons (Fsp3) is 0.192. The third-order valence-electron chi connectivity index (χ3n) is 6.76. The van der Waals surface area contributed by atoms with E-state index in [1.54, 1.807) is 30.2 Å². The monoisotopic (exact) mass is 640 g/mol. The molecule has 0 spiro atoms. The molecule has 5 rings (SSSR count). The van der Waals surface area contributed by atoms with Crippen molar-refractivity contribution in [1.82, 2.24) is 4.90 Å². The second-order valence-electron chi connectivity index (χ2n) is 8.75. The summed E-state index contributed by atoms with van der Waals surface area (Å²) in [6.45, 7) is 3.92. The highest BCUT2D eigenvalue weighted by Crippen LogP contribution is 2.49. The average molecular weight is 643 g/mol. The van der Waals surface area contributed by atoms with Crippen LogP contribution in [-0.2, 0) is 4.79 Å². The molecule has 3 amide bonds. The Morgan fingerprint density at radius 1 is 0.757 bits per heavy atom. The van der Waals surface area contributed by atoms with Gasteiger partial charge in [-0.25, -0.2) is 0 Å². The van der Waals surface area contributed by atoms with Crippen molar-refractivity contribution in [2.45, 2.75) is 25.9 Å². The number of fused-ring (bicyclic) bond motifs is 1. The summed E-state index contributed by atoms with van der Waals surface area (Å²) in [5, 5.41) is -0.647. The van der Waals surface area contributed by atoms with Crippen molar-refractivity contribution >= 4 is 85.7 Å². The molecular formula is C26H17BrCl4N2O4. The van der Waals surface area contributed by atoms with E-state index in [9.17, 15) is 14.4 Å². The first-order chi connectivity index (χ1) is 17.5. The van der Waals surface area contributed by atoms with Crippen LogP contribution in [0.15, 0.2) is 40.9 Å². The Labute approximate surface area is 241 Å². The molecule has 190 valence electrons. The van der Waals surface area contributed by atoms with Crippen molar-refractivity contribution in [3.05, 3.63) is 88.8 Å². The van der Waals surface area contributed by atoms with Gasteiger partial charge < -0.3 is 9.64 Å². The number of carbonyl (C=O) groups excluding carboxylic acids is 3. The highest BCUT2D eigenvalue weighted by molar-refractivity contribution is 9.10. The summed E-state index contributed by atoms with van der Waals surface area (Å²) < 4.78 is 5.99. The van der Waals surface area contributed by atoms with E-state index in [0.29, 0.717) is 21.5 Å². The number of hydrogen-bond donors (Lipinski definition) is 0. The van der Waals surface area contributed by atoms with Crippen molar-refractivity contribution < 1.29 is 19.1 Å². The molecule has 3 aromatic carbocycles. The number of nitrogens with zero attached hydrogens (tertiary/aromatic N) is 2. The molecule has 0 N–H and O–H groups in total. The van der Waals surface area contributed by atoms with Gasteiger partial charge in [0.2, 0.25) is 0 Å². The lowest BCUT2D eigenvalue weighted by Crippen LogP contribution is -2.67. The van der Waals surface area contributed by atoms with Crippen molar-refractivity contribution in [2.75, 3.05) is 12.0 Å². The first-order valence-corrected chi connectivity index (χ1v) is 13.3. The third kappa shape index (κ3) is 3.86. The summed E-state index contributed by atoms with van der Waals surface area (Å²) in [5.74, 6) is -1.37. The zero-order chi connectivity index (χ0) is 26.9. The molecule has 2 atom stereocenters. The number of carbonyl (C=O) groups is 3. The molecule has 2 aliphatic rings. The minimum absolute atomic E-state index is 0.137. The molecule has 11 heteroatoms. The maximum Gasteiger partial charge on any atom is 0.264 e. The lowest BCUT2D eigenvalue weighted by Gasteiger charge is -2.50. The minimum atomic E-state index is -1.15. The Kier molecular flexibility index (Phi) is 6.74. The largest absolute Gasteiger partial charge is 0.496 e. The smallest absolute Gasteiger partial charge is 0.264 e. The van der Waals surface area contributed by atoms with E-state index in [2.05, 4.69) is 15.9 Å². The summed E-state index contributed by atoms with van der Waals surface area (Å²) in [6, 6.07) is 9.12. The Morgan fingerprint density at radius 2 is 1.35 bits per heavy atom. The molecule has 0 aromatic heterocycles. The van der Waals surface area contributed by atoms with Gasteiger partial charge in [-0.1, -0.05) is 58.5 Å². The van der Waals surface area contributed by atoms with Gasteiger partial charge in [0.15, 0.2) is 0 Å². The van der Waals surface area contributed by atoms with E-state index in [0.717, 1.165) is 16.0 Å². The number of amides is 3. The quantitative estimate of drug-likeness (QED) is 0.128. The van der Waals surface area contributed by atoms with Crippen LogP contribution in [0.25, 0.3) is 0 Å². The lowest BCUT2D eigenvalue weighted by atomic mass is 9.86. The Balaban J connectivity index is 1.65. The van der Waals surface area contributed by atoms with Crippen LogP contribution in [0.4, 0.5) is 5.69 Å². The summed E-state index contributed by atoms with van der Waals surface area (Å²) in [7, 11) is 1.54. The van der Waals surface area contributed by atoms with Gasteiger partial charge in [0.1, 0.15) is 11.8 Å². The van der Waals surface area contributed by atoms with Crippen LogP contribution in [-0.4, -0.2) is 35.8 Å². The second-order valence-corrected chi connectivity index (χ2v) is 11.1. The van der Waals surface area contributed by atoms with Crippen molar-refractivity contribution in [2.24, 2.45) is 0 Å². The molecule has 2 aliphatic heterocycles. The third-order valence-corrected chi connectivity index (χ3v) is 9.19. The zero-order valence-electron chi connectivity index (χ0n) is 19.5. The molecule has 0 aliphatic carbocycles. The summed E-state index contributed by atoms with van der Waals surface area (Å²) >= 11 is 28.4. The molecule has 6 nitrogen and oxygen atoms in total. The summed E-state index contributed by atoms with van der Waals surface area (Å²) in [4.78, 5) is 43.3. The number of ether oxygens (including phenoxy) is 1. The molecular weight excluding hydrogens is 626 g/mol. The van der Waals surface area contributed by atoms with Gasteiger partial charge >= 0.3 is 0 Å². The number of hydrogen-bond acceptors (Lipinski definition) is 4. The molecule has 3 aromatic rings. The molecule has 0 saturated carbocycles. The predicted molar refractivity (Wildman–Crippen MR) is 148 cm³/mol. The highest BCUT2D eigenvalue weighted by atomic mass is 79.9. The van der Waals surface area contributed by atoms with E-state index >= 15 is 0 Å². The van der Waals surface area contributed by atoms with Crippen LogP contribution in [0.2, 0.25) is 20.1 Å². The van der Waals surface area contributed by atoms with Crippen LogP contribution in [0.3, 0.4) is 0 Å². The molecule has 1 fully saturated rings. The van der Waals surface area contributed by atoms with E-state index < -0.39 is 29.8 Å². The standard InChI is InChI=1S/C26H17BrCl4N2O4/c1-10-4-6-13(8-11(10)2)32-22(12-5-7-15(37-3)14(27)9-12)23(26(32)36)33-24(34)16-17(25(33)35)19(29)21(31)20(30)18(16)28/h4-9,22-23H,1-3H3/t22-,23-/m1/s1. The number of rotatable bonds is 4. The normalized spacial score (nSPS) is 18.9. The molecule has 0 unspecified atom stereocenters. The Bertz CT molecular complexity index is 1500. The number of benzene rings is 3. The number of anilines is 1. The van der Waals surface area contributed by atoms with Gasteiger partial charge in [-0.15, -0.1) is 0 Å². The molecule has 37 heavy (non-hydrogen) atoms. The van der Waals surface area contributed by atoms with Crippen molar-refractivity contribution in [3.8, 4) is 5.75 Å². The van der Waals surface area contributed by atoms with Crippen LogP contribution >= 0.6 is 62.3 Å². The minimum Gasteiger partial charge on any atom is -0.496 e. The van der Waals surface area contributed by atoms with E-state index in [-0.39, 0.29) is 31.2 Å². The predicted octanol–water partition coefficient (Wildman–Crippen LogP) is 7.44. The topological polar surface area (TPSA) is 66.9 Å². The summed E-state index contributed by atoms with van der Waals surface area (Å²) in [5.41, 5.74) is 3.04. The van der Waals surface area contributed by atoms with Crippen molar-refractivity contribution in [3.63, 3.8) is 0 Å². The van der Waals surface area contributed by atoms with Gasteiger partial charge in [-0.3, -0.25) is 19.3 Å².